The van der Waals surface area contributed by atoms with Crippen LogP contribution in [0.1, 0.15) is 18.5 Å². The normalized spacial score (nSPS) is 16.1. The van der Waals surface area contributed by atoms with E-state index in [-0.39, 0.29) is 0 Å². The van der Waals surface area contributed by atoms with E-state index in [4.69, 9.17) is 0 Å². The summed E-state index contributed by atoms with van der Waals surface area (Å²) in [7, 11) is 0. The molecular formula is C12H13BrN2. The number of nitrogens with one attached hydrogen (secondary N) is 2. The molecule has 0 amide bonds. The van der Waals surface area contributed by atoms with Gasteiger partial charge in [-0.15, -0.1) is 0 Å². The van der Waals surface area contributed by atoms with Crippen molar-refractivity contribution in [1.29, 1.82) is 0 Å². The van der Waals surface area contributed by atoms with E-state index in [1.807, 2.05) is 0 Å². The first-order valence-electron chi connectivity index (χ1n) is 5.33. The lowest BCUT2D eigenvalue weighted by molar-refractivity contribution is 0.676. The molecule has 1 aromatic carbocycles. The van der Waals surface area contributed by atoms with Crippen molar-refractivity contribution >= 4 is 26.8 Å². The van der Waals surface area contributed by atoms with Crippen molar-refractivity contribution < 1.29 is 0 Å². The van der Waals surface area contributed by atoms with Gasteiger partial charge in [-0.05, 0) is 34.8 Å². The largest absolute Gasteiger partial charge is 0.356 e. The summed E-state index contributed by atoms with van der Waals surface area (Å²) < 4.78 is 1.20. The van der Waals surface area contributed by atoms with Crippen LogP contribution in [-0.4, -0.2) is 11.0 Å². The van der Waals surface area contributed by atoms with Gasteiger partial charge in [-0.25, -0.2) is 0 Å². The maximum Gasteiger partial charge on any atom is 0.0474 e. The molecule has 2 nitrogen and oxygen atoms in total. The van der Waals surface area contributed by atoms with Gasteiger partial charge in [-0.2, -0.15) is 0 Å². The van der Waals surface area contributed by atoms with Crippen LogP contribution in [0.4, 0.5) is 0 Å². The standard InChI is InChI=1S/C12H13BrN2/c13-12-9-3-1-2-4-10(9)15-11(12)7-14-8-5-6-8/h1-4,8,14-15H,5-7H2. The van der Waals surface area contributed by atoms with E-state index < -0.39 is 0 Å². The van der Waals surface area contributed by atoms with Gasteiger partial charge in [0.25, 0.3) is 0 Å². The molecule has 1 heterocycles. The minimum absolute atomic E-state index is 0.753. The van der Waals surface area contributed by atoms with Gasteiger partial charge in [0.15, 0.2) is 0 Å². The Morgan fingerprint density at radius 1 is 1.33 bits per heavy atom. The van der Waals surface area contributed by atoms with Crippen LogP contribution in [0, 0.1) is 0 Å². The second-order valence-corrected chi connectivity index (χ2v) is 4.91. The van der Waals surface area contributed by atoms with Crippen molar-refractivity contribution in [3.8, 4) is 0 Å². The first-order valence-corrected chi connectivity index (χ1v) is 6.12. The van der Waals surface area contributed by atoms with Crippen molar-refractivity contribution in [2.24, 2.45) is 0 Å². The van der Waals surface area contributed by atoms with Gasteiger partial charge in [-0.3, -0.25) is 0 Å². The number of benzene rings is 1. The fourth-order valence-electron chi connectivity index (χ4n) is 1.82. The summed E-state index contributed by atoms with van der Waals surface area (Å²) >= 11 is 3.65. The zero-order valence-electron chi connectivity index (χ0n) is 8.39. The Balaban J connectivity index is 1.92. The minimum Gasteiger partial charge on any atom is -0.356 e. The molecule has 0 saturated heterocycles. The number of fused-ring (bicyclic) bond motifs is 1. The highest BCUT2D eigenvalue weighted by molar-refractivity contribution is 9.10. The minimum atomic E-state index is 0.753. The molecule has 0 spiro atoms. The number of aromatic amines is 1. The number of aromatic nitrogens is 1. The predicted octanol–water partition coefficient (Wildman–Crippen LogP) is 3.18. The fourth-order valence-corrected chi connectivity index (χ4v) is 2.40. The van der Waals surface area contributed by atoms with Crippen LogP contribution in [-0.2, 0) is 6.54 Å². The van der Waals surface area contributed by atoms with Gasteiger partial charge < -0.3 is 10.3 Å². The second kappa shape index (κ2) is 3.65. The van der Waals surface area contributed by atoms with E-state index in [2.05, 4.69) is 50.5 Å². The Kier molecular flexibility index (Phi) is 2.29. The van der Waals surface area contributed by atoms with E-state index in [1.54, 1.807) is 0 Å². The van der Waals surface area contributed by atoms with Crippen molar-refractivity contribution in [2.45, 2.75) is 25.4 Å². The summed E-state index contributed by atoms with van der Waals surface area (Å²) in [5.74, 6) is 0. The van der Waals surface area contributed by atoms with Crippen molar-refractivity contribution in [3.05, 3.63) is 34.4 Å². The van der Waals surface area contributed by atoms with Gasteiger partial charge in [-0.1, -0.05) is 18.2 Å². The highest BCUT2D eigenvalue weighted by Gasteiger charge is 2.20. The molecule has 15 heavy (non-hydrogen) atoms. The summed E-state index contributed by atoms with van der Waals surface area (Å²) in [6.07, 6.45) is 2.66. The Hall–Kier alpha value is -0.800. The Labute approximate surface area is 97.2 Å². The van der Waals surface area contributed by atoms with Crippen LogP contribution in [0.25, 0.3) is 10.9 Å². The van der Waals surface area contributed by atoms with E-state index in [1.165, 1.54) is 33.9 Å². The number of hydrogen-bond donors (Lipinski definition) is 2. The molecule has 1 saturated carbocycles. The van der Waals surface area contributed by atoms with Crippen molar-refractivity contribution in [2.75, 3.05) is 0 Å². The van der Waals surface area contributed by atoms with Crippen LogP contribution in [0.3, 0.4) is 0 Å². The van der Waals surface area contributed by atoms with E-state index in [0.717, 1.165) is 12.6 Å². The zero-order valence-corrected chi connectivity index (χ0v) is 9.97. The average Bonchev–Trinajstić information content (AvgIpc) is 3.03. The predicted molar refractivity (Wildman–Crippen MR) is 65.9 cm³/mol. The molecule has 0 aliphatic heterocycles. The molecule has 0 radical (unpaired) electrons. The third-order valence-electron chi connectivity index (χ3n) is 2.86. The molecule has 1 aliphatic carbocycles. The van der Waals surface area contributed by atoms with Crippen molar-refractivity contribution in [1.82, 2.24) is 10.3 Å². The van der Waals surface area contributed by atoms with E-state index in [9.17, 15) is 0 Å². The second-order valence-electron chi connectivity index (χ2n) is 4.12. The van der Waals surface area contributed by atoms with Crippen LogP contribution < -0.4 is 5.32 Å². The maximum atomic E-state index is 3.65. The molecule has 0 atom stereocenters. The van der Waals surface area contributed by atoms with Gasteiger partial charge in [0, 0.05) is 33.7 Å². The SMILES string of the molecule is Brc1c(CNC2CC2)[nH]c2ccccc12. The first-order chi connectivity index (χ1) is 7.34. The van der Waals surface area contributed by atoms with Crippen molar-refractivity contribution in [3.63, 3.8) is 0 Å². The molecular weight excluding hydrogens is 252 g/mol. The Morgan fingerprint density at radius 3 is 2.87 bits per heavy atom. The lowest BCUT2D eigenvalue weighted by Gasteiger charge is -2.00. The molecule has 3 heteroatoms. The number of hydrogen-bond acceptors (Lipinski definition) is 1. The molecule has 0 bridgehead atoms. The number of halogens is 1. The Bertz CT molecular complexity index is 485. The molecule has 1 aromatic heterocycles. The molecule has 3 rings (SSSR count). The third kappa shape index (κ3) is 1.82. The van der Waals surface area contributed by atoms with Crippen LogP contribution >= 0.6 is 15.9 Å². The topological polar surface area (TPSA) is 27.8 Å². The van der Waals surface area contributed by atoms with E-state index in [0.29, 0.717) is 0 Å². The smallest absolute Gasteiger partial charge is 0.0474 e. The molecule has 0 unspecified atom stereocenters. The number of rotatable bonds is 3. The summed E-state index contributed by atoms with van der Waals surface area (Å²) in [6, 6.07) is 9.13. The highest BCUT2D eigenvalue weighted by atomic mass is 79.9. The van der Waals surface area contributed by atoms with Gasteiger partial charge >= 0.3 is 0 Å². The molecule has 1 fully saturated rings. The molecule has 2 aromatic rings. The lowest BCUT2D eigenvalue weighted by Crippen LogP contribution is -2.15. The quantitative estimate of drug-likeness (QED) is 0.876. The van der Waals surface area contributed by atoms with Crippen LogP contribution in [0.2, 0.25) is 0 Å². The molecule has 1 aliphatic rings. The highest BCUT2D eigenvalue weighted by Crippen LogP contribution is 2.28. The van der Waals surface area contributed by atoms with Gasteiger partial charge in [0.1, 0.15) is 0 Å². The van der Waals surface area contributed by atoms with Gasteiger partial charge in [0.2, 0.25) is 0 Å². The third-order valence-corrected chi connectivity index (χ3v) is 3.76. The molecule has 2 N–H and O–H groups in total. The summed E-state index contributed by atoms with van der Waals surface area (Å²) in [4.78, 5) is 3.44. The maximum absolute atomic E-state index is 3.65. The lowest BCUT2D eigenvalue weighted by atomic mass is 10.2. The molecule has 78 valence electrons. The van der Waals surface area contributed by atoms with Crippen LogP contribution in [0.15, 0.2) is 28.7 Å². The Morgan fingerprint density at radius 2 is 2.13 bits per heavy atom. The average molecular weight is 265 g/mol. The zero-order chi connectivity index (χ0) is 10.3. The van der Waals surface area contributed by atoms with Crippen LogP contribution in [0.5, 0.6) is 0 Å². The van der Waals surface area contributed by atoms with Gasteiger partial charge in [0.05, 0.1) is 0 Å². The summed E-state index contributed by atoms with van der Waals surface area (Å²) in [5, 5.41) is 4.78. The number of para-hydroxylation sites is 1. The summed E-state index contributed by atoms with van der Waals surface area (Å²) in [5.41, 5.74) is 2.46. The monoisotopic (exact) mass is 264 g/mol. The number of H-pyrrole nitrogens is 1. The first kappa shape index (κ1) is 9.43. The fraction of sp³-hybridized carbons (Fsp3) is 0.333. The van der Waals surface area contributed by atoms with E-state index >= 15 is 0 Å². The summed E-state index contributed by atoms with van der Waals surface area (Å²) in [6.45, 7) is 0.930.